The fourth-order valence-electron chi connectivity index (χ4n) is 2.63. The van der Waals surface area contributed by atoms with Gasteiger partial charge < -0.3 is 9.64 Å². The molecule has 0 fully saturated rings. The van der Waals surface area contributed by atoms with Gasteiger partial charge in [-0.1, -0.05) is 18.2 Å². The second-order valence-corrected chi connectivity index (χ2v) is 9.33. The molecular weight excluding hydrogens is 472 g/mol. The Bertz CT molecular complexity index is 1030. The highest BCUT2D eigenvalue weighted by Crippen LogP contribution is 2.29. The van der Waals surface area contributed by atoms with E-state index in [0.717, 1.165) is 26.3 Å². The van der Waals surface area contributed by atoms with Crippen molar-refractivity contribution in [2.24, 2.45) is 5.10 Å². The van der Waals surface area contributed by atoms with Crippen LogP contribution in [0.3, 0.4) is 0 Å². The number of hydrazone groups is 1. The van der Waals surface area contributed by atoms with Crippen molar-refractivity contribution >= 4 is 49.4 Å². The molecule has 30 heavy (non-hydrogen) atoms. The molecule has 10 heteroatoms. The molecule has 0 unspecified atom stereocenters. The molecule has 8 nitrogen and oxygen atoms in total. The molecule has 2 rings (SSSR count). The predicted octanol–water partition coefficient (Wildman–Crippen LogP) is 2.83. The summed E-state index contributed by atoms with van der Waals surface area (Å²) in [5, 5.41) is 3.93. The smallest absolute Gasteiger partial charge is 0.260 e. The van der Waals surface area contributed by atoms with Crippen LogP contribution in [0.2, 0.25) is 0 Å². The quantitative estimate of drug-likeness (QED) is 0.425. The lowest BCUT2D eigenvalue weighted by Gasteiger charge is -2.23. The van der Waals surface area contributed by atoms with E-state index in [2.05, 4.69) is 26.5 Å². The van der Waals surface area contributed by atoms with E-state index in [1.807, 2.05) is 37.2 Å². The molecule has 162 valence electrons. The normalized spacial score (nSPS) is 11.4. The van der Waals surface area contributed by atoms with Gasteiger partial charge in [0.1, 0.15) is 12.3 Å². The Morgan fingerprint density at radius 3 is 2.50 bits per heavy atom. The maximum Gasteiger partial charge on any atom is 0.260 e. The minimum absolute atomic E-state index is 0.296. The molecule has 0 aliphatic carbocycles. The Morgan fingerprint density at radius 1 is 1.20 bits per heavy atom. The Kier molecular flexibility index (Phi) is 8.24. The fourth-order valence-corrected chi connectivity index (χ4v) is 4.24. The highest BCUT2D eigenvalue weighted by Gasteiger charge is 2.23. The third kappa shape index (κ3) is 6.46. The molecule has 2 aromatic carbocycles. The van der Waals surface area contributed by atoms with Gasteiger partial charge in [-0.3, -0.25) is 9.10 Å². The van der Waals surface area contributed by atoms with E-state index in [1.54, 1.807) is 31.2 Å². The molecule has 0 heterocycles. The first-order valence-electron chi connectivity index (χ1n) is 9.11. The number of halogens is 1. The monoisotopic (exact) mass is 496 g/mol. The SMILES string of the molecule is CCOc1ccccc1N(CC(=O)N/N=C\c1ccc(N(C)C)c(Br)c1)S(C)(=O)=O. The van der Waals surface area contributed by atoms with Crippen molar-refractivity contribution in [2.75, 3.05) is 42.7 Å². The third-order valence-electron chi connectivity index (χ3n) is 3.98. The van der Waals surface area contributed by atoms with E-state index < -0.39 is 22.5 Å². The van der Waals surface area contributed by atoms with E-state index in [-0.39, 0.29) is 0 Å². The number of ether oxygens (including phenoxy) is 1. The number of nitrogens with zero attached hydrogens (tertiary/aromatic N) is 3. The summed E-state index contributed by atoms with van der Waals surface area (Å²) < 4.78 is 31.9. The van der Waals surface area contributed by atoms with Crippen LogP contribution in [0.5, 0.6) is 5.75 Å². The number of rotatable bonds is 9. The molecule has 0 saturated carbocycles. The van der Waals surface area contributed by atoms with Crippen LogP contribution in [0, 0.1) is 0 Å². The summed E-state index contributed by atoms with van der Waals surface area (Å²) in [5.74, 6) is -0.195. The van der Waals surface area contributed by atoms with Gasteiger partial charge in [-0.05, 0) is 52.7 Å². The molecule has 0 bridgehead atoms. The van der Waals surface area contributed by atoms with Crippen LogP contribution in [-0.2, 0) is 14.8 Å². The van der Waals surface area contributed by atoms with Gasteiger partial charge >= 0.3 is 0 Å². The maximum atomic E-state index is 12.4. The van der Waals surface area contributed by atoms with Gasteiger partial charge in [-0.25, -0.2) is 13.8 Å². The summed E-state index contributed by atoms with van der Waals surface area (Å²) in [7, 11) is 0.152. The summed E-state index contributed by atoms with van der Waals surface area (Å²) in [6.45, 7) is 1.74. The largest absolute Gasteiger partial charge is 0.492 e. The first-order chi connectivity index (χ1) is 14.1. The molecular formula is C20H25BrN4O4S. The van der Waals surface area contributed by atoms with Gasteiger partial charge in [-0.2, -0.15) is 5.10 Å². The molecule has 0 aliphatic heterocycles. The van der Waals surface area contributed by atoms with Crippen LogP contribution < -0.4 is 19.4 Å². The van der Waals surface area contributed by atoms with Crippen molar-refractivity contribution in [3.8, 4) is 5.75 Å². The first kappa shape index (κ1) is 23.7. The van der Waals surface area contributed by atoms with Crippen LogP contribution in [-0.4, -0.2) is 54.0 Å². The second kappa shape index (κ2) is 10.4. The van der Waals surface area contributed by atoms with Crippen LogP contribution >= 0.6 is 15.9 Å². The van der Waals surface area contributed by atoms with Crippen molar-refractivity contribution in [1.82, 2.24) is 5.43 Å². The van der Waals surface area contributed by atoms with E-state index in [4.69, 9.17) is 4.74 Å². The zero-order chi connectivity index (χ0) is 22.3. The zero-order valence-electron chi connectivity index (χ0n) is 17.3. The molecule has 0 aromatic heterocycles. The van der Waals surface area contributed by atoms with Gasteiger partial charge in [0.05, 0.1) is 30.5 Å². The summed E-state index contributed by atoms with van der Waals surface area (Å²) in [5.41, 5.74) is 4.45. The number of para-hydroxylation sites is 2. The number of anilines is 2. The predicted molar refractivity (Wildman–Crippen MR) is 124 cm³/mol. The molecule has 0 radical (unpaired) electrons. The number of hydrogen-bond donors (Lipinski definition) is 1. The number of hydrogen-bond acceptors (Lipinski definition) is 6. The van der Waals surface area contributed by atoms with Gasteiger partial charge in [-0.15, -0.1) is 0 Å². The highest BCUT2D eigenvalue weighted by molar-refractivity contribution is 9.10. The van der Waals surface area contributed by atoms with E-state index >= 15 is 0 Å². The molecule has 2 aromatic rings. The van der Waals surface area contributed by atoms with Crippen molar-refractivity contribution in [2.45, 2.75) is 6.92 Å². The van der Waals surface area contributed by atoms with Crippen molar-refractivity contribution in [3.63, 3.8) is 0 Å². The van der Waals surface area contributed by atoms with Crippen LogP contribution in [0.1, 0.15) is 12.5 Å². The number of amides is 1. The topological polar surface area (TPSA) is 91.3 Å². The summed E-state index contributed by atoms with van der Waals surface area (Å²) in [4.78, 5) is 14.3. The standard InChI is InChI=1S/C20H25BrN4O4S/c1-5-29-19-9-7-6-8-18(19)25(30(4,27)28)14-20(26)23-22-13-15-10-11-17(24(2)3)16(21)12-15/h6-13H,5,14H2,1-4H3,(H,23,26)/b22-13-. The number of carbonyl (C=O) groups is 1. The van der Waals surface area contributed by atoms with E-state index in [1.165, 1.54) is 6.21 Å². The van der Waals surface area contributed by atoms with Crippen LogP contribution in [0.15, 0.2) is 52.0 Å². The molecule has 1 amide bonds. The zero-order valence-corrected chi connectivity index (χ0v) is 19.7. The average molecular weight is 497 g/mol. The molecule has 0 atom stereocenters. The van der Waals surface area contributed by atoms with Crippen LogP contribution in [0.4, 0.5) is 11.4 Å². The molecule has 0 saturated heterocycles. The summed E-state index contributed by atoms with van der Waals surface area (Å²) in [6.07, 6.45) is 2.52. The molecule has 0 aliphatic rings. The number of benzene rings is 2. The van der Waals surface area contributed by atoms with Crippen LogP contribution in [0.25, 0.3) is 0 Å². The van der Waals surface area contributed by atoms with Gasteiger partial charge in [0.15, 0.2) is 0 Å². The second-order valence-electron chi connectivity index (χ2n) is 6.57. The van der Waals surface area contributed by atoms with Gasteiger partial charge in [0.25, 0.3) is 5.91 Å². The molecule has 1 N–H and O–H groups in total. The third-order valence-corrected chi connectivity index (χ3v) is 5.74. The average Bonchev–Trinajstić information content (AvgIpc) is 2.66. The highest BCUT2D eigenvalue weighted by atomic mass is 79.9. The first-order valence-corrected chi connectivity index (χ1v) is 11.8. The minimum atomic E-state index is -3.72. The summed E-state index contributed by atoms with van der Waals surface area (Å²) in [6, 6.07) is 12.3. The maximum absolute atomic E-state index is 12.4. The Labute approximate surface area is 185 Å². The number of carbonyl (C=O) groups excluding carboxylic acids is 1. The lowest BCUT2D eigenvalue weighted by Crippen LogP contribution is -2.39. The lowest BCUT2D eigenvalue weighted by atomic mass is 10.2. The Hall–Kier alpha value is -2.59. The van der Waals surface area contributed by atoms with Crippen molar-refractivity contribution in [1.29, 1.82) is 0 Å². The Morgan fingerprint density at radius 2 is 1.90 bits per heavy atom. The Balaban J connectivity index is 2.13. The lowest BCUT2D eigenvalue weighted by molar-refractivity contribution is -0.119. The van der Waals surface area contributed by atoms with Gasteiger partial charge in [0, 0.05) is 18.6 Å². The number of sulfonamides is 1. The number of nitrogens with one attached hydrogen (secondary N) is 1. The van der Waals surface area contributed by atoms with E-state index in [0.29, 0.717) is 18.0 Å². The molecule has 0 spiro atoms. The van der Waals surface area contributed by atoms with E-state index in [9.17, 15) is 13.2 Å². The van der Waals surface area contributed by atoms with Crippen molar-refractivity contribution < 1.29 is 17.9 Å². The minimum Gasteiger partial charge on any atom is -0.492 e. The summed E-state index contributed by atoms with van der Waals surface area (Å²) >= 11 is 3.49. The van der Waals surface area contributed by atoms with Gasteiger partial charge in [0.2, 0.25) is 10.0 Å². The van der Waals surface area contributed by atoms with Crippen molar-refractivity contribution in [3.05, 3.63) is 52.5 Å². The fraction of sp³-hybridized carbons (Fsp3) is 0.300.